The van der Waals surface area contributed by atoms with E-state index in [0.29, 0.717) is 12.0 Å². The number of benzene rings is 3. The second kappa shape index (κ2) is 7.22. The molecule has 0 heterocycles. The number of Topliss-reactive ketones (excluding diaryl/α,β-unsaturated/α-hetero) is 1. The first-order chi connectivity index (χ1) is 11.6. The van der Waals surface area contributed by atoms with Crippen molar-refractivity contribution in [1.29, 1.82) is 0 Å². The predicted molar refractivity (Wildman–Crippen MR) is 94.8 cm³/mol. The van der Waals surface area contributed by atoms with Gasteiger partial charge < -0.3 is 0 Å². The van der Waals surface area contributed by atoms with Crippen molar-refractivity contribution in [2.75, 3.05) is 0 Å². The van der Waals surface area contributed by atoms with Crippen LogP contribution in [0.2, 0.25) is 0 Å². The minimum absolute atomic E-state index is 0.00986. The van der Waals surface area contributed by atoms with Crippen LogP contribution in [0.15, 0.2) is 78.9 Å². The normalized spacial score (nSPS) is 11.9. The van der Waals surface area contributed by atoms with E-state index < -0.39 is 0 Å². The Morgan fingerprint density at radius 3 is 2.04 bits per heavy atom. The largest absolute Gasteiger partial charge is 0.294 e. The van der Waals surface area contributed by atoms with Crippen LogP contribution in [0.5, 0.6) is 0 Å². The Morgan fingerprint density at radius 1 is 0.833 bits per heavy atom. The van der Waals surface area contributed by atoms with Crippen LogP contribution < -0.4 is 0 Å². The summed E-state index contributed by atoms with van der Waals surface area (Å²) >= 11 is 0. The van der Waals surface area contributed by atoms with Gasteiger partial charge in [0.05, 0.1) is 0 Å². The highest BCUT2D eigenvalue weighted by molar-refractivity contribution is 5.96. The van der Waals surface area contributed by atoms with E-state index in [1.165, 1.54) is 17.7 Å². The molecule has 3 aromatic carbocycles. The smallest absolute Gasteiger partial charge is 0.163 e. The lowest BCUT2D eigenvalue weighted by molar-refractivity contribution is 0.0977. The average Bonchev–Trinajstić information content (AvgIpc) is 2.62. The molecule has 0 bridgehead atoms. The van der Waals surface area contributed by atoms with Crippen LogP contribution in [0.1, 0.15) is 39.4 Å². The molecule has 0 amide bonds. The number of hydrogen-bond acceptors (Lipinski definition) is 1. The average molecular weight is 318 g/mol. The van der Waals surface area contributed by atoms with E-state index in [2.05, 4.69) is 24.3 Å². The second-order valence-corrected chi connectivity index (χ2v) is 6.01. The molecule has 0 aliphatic carbocycles. The third-order valence-electron chi connectivity index (χ3n) is 4.24. The molecule has 1 nitrogen and oxygen atoms in total. The Labute approximate surface area is 141 Å². The topological polar surface area (TPSA) is 17.1 Å². The summed E-state index contributed by atoms with van der Waals surface area (Å²) in [6.07, 6.45) is 0.360. The van der Waals surface area contributed by atoms with E-state index in [4.69, 9.17) is 0 Å². The number of rotatable bonds is 5. The zero-order valence-electron chi connectivity index (χ0n) is 13.6. The first-order valence-electron chi connectivity index (χ1n) is 8.04. The molecule has 120 valence electrons. The summed E-state index contributed by atoms with van der Waals surface area (Å²) in [6, 6.07) is 24.1. The Kier molecular flexibility index (Phi) is 4.85. The minimum atomic E-state index is -0.329. The zero-order valence-corrected chi connectivity index (χ0v) is 13.6. The summed E-state index contributed by atoms with van der Waals surface area (Å²) in [6.45, 7) is 2.05. The molecule has 0 saturated heterocycles. The highest BCUT2D eigenvalue weighted by Gasteiger charge is 2.19. The Balaban J connectivity index is 1.91. The van der Waals surface area contributed by atoms with Crippen LogP contribution in [0.25, 0.3) is 0 Å². The van der Waals surface area contributed by atoms with Gasteiger partial charge in [-0.2, -0.15) is 0 Å². The first-order valence-corrected chi connectivity index (χ1v) is 8.04. The molecule has 2 heteroatoms. The molecule has 0 aromatic heterocycles. The van der Waals surface area contributed by atoms with Crippen LogP contribution in [-0.2, 0) is 0 Å². The van der Waals surface area contributed by atoms with Crippen LogP contribution in [0, 0.1) is 12.7 Å². The van der Waals surface area contributed by atoms with Crippen molar-refractivity contribution >= 4 is 5.78 Å². The summed E-state index contributed by atoms with van der Waals surface area (Å²) in [5, 5.41) is 0. The zero-order chi connectivity index (χ0) is 16.9. The lowest BCUT2D eigenvalue weighted by Gasteiger charge is -2.18. The van der Waals surface area contributed by atoms with Gasteiger partial charge in [0.2, 0.25) is 0 Å². The minimum Gasteiger partial charge on any atom is -0.294 e. The van der Waals surface area contributed by atoms with Gasteiger partial charge in [0.15, 0.2) is 5.78 Å². The monoisotopic (exact) mass is 318 g/mol. The van der Waals surface area contributed by atoms with Crippen molar-refractivity contribution in [3.8, 4) is 0 Å². The standard InChI is InChI=1S/C22H19FO/c1-16-7-9-18(10-8-16)21(17-5-3-2-4-6-17)15-22(24)19-11-13-20(23)14-12-19/h2-14,21H,15H2,1H3/t21-/m1/s1. The van der Waals surface area contributed by atoms with E-state index in [-0.39, 0.29) is 17.5 Å². The Morgan fingerprint density at radius 2 is 1.42 bits per heavy atom. The van der Waals surface area contributed by atoms with Crippen molar-refractivity contribution in [1.82, 2.24) is 0 Å². The summed E-state index contributed by atoms with van der Waals surface area (Å²) < 4.78 is 13.1. The number of ketones is 1. The molecule has 24 heavy (non-hydrogen) atoms. The second-order valence-electron chi connectivity index (χ2n) is 6.01. The van der Waals surface area contributed by atoms with Gasteiger partial charge in [-0.25, -0.2) is 4.39 Å². The lowest BCUT2D eigenvalue weighted by atomic mass is 9.85. The van der Waals surface area contributed by atoms with Crippen LogP contribution in [0.4, 0.5) is 4.39 Å². The number of halogens is 1. The van der Waals surface area contributed by atoms with Crippen molar-refractivity contribution in [3.05, 3.63) is 107 Å². The third kappa shape index (κ3) is 3.77. The summed E-state index contributed by atoms with van der Waals surface area (Å²) in [5.41, 5.74) is 3.96. The van der Waals surface area contributed by atoms with E-state index in [9.17, 15) is 9.18 Å². The molecule has 0 N–H and O–H groups in total. The van der Waals surface area contributed by atoms with Gasteiger partial charge in [0.1, 0.15) is 5.82 Å². The number of carbonyl (C=O) groups excluding carboxylic acids is 1. The molecular weight excluding hydrogens is 299 g/mol. The maximum Gasteiger partial charge on any atom is 0.163 e. The van der Waals surface area contributed by atoms with Crippen LogP contribution in [0.3, 0.4) is 0 Å². The maximum absolute atomic E-state index is 13.1. The van der Waals surface area contributed by atoms with Crippen molar-refractivity contribution in [2.24, 2.45) is 0 Å². The fourth-order valence-electron chi connectivity index (χ4n) is 2.85. The maximum atomic E-state index is 13.1. The Hall–Kier alpha value is -2.74. The van der Waals surface area contributed by atoms with E-state index in [0.717, 1.165) is 11.1 Å². The Bertz CT molecular complexity index is 805. The molecule has 0 fully saturated rings. The molecule has 0 aliphatic heterocycles. The van der Waals surface area contributed by atoms with E-state index >= 15 is 0 Å². The lowest BCUT2D eigenvalue weighted by Crippen LogP contribution is -2.09. The summed E-state index contributed by atoms with van der Waals surface area (Å²) in [7, 11) is 0. The van der Waals surface area contributed by atoms with Gasteiger partial charge in [0, 0.05) is 17.9 Å². The van der Waals surface area contributed by atoms with Gasteiger partial charge in [-0.05, 0) is 42.3 Å². The highest BCUT2D eigenvalue weighted by atomic mass is 19.1. The quantitative estimate of drug-likeness (QED) is 0.565. The molecule has 0 aliphatic rings. The fourth-order valence-corrected chi connectivity index (χ4v) is 2.85. The van der Waals surface area contributed by atoms with E-state index in [1.54, 1.807) is 12.1 Å². The molecule has 0 unspecified atom stereocenters. The van der Waals surface area contributed by atoms with Gasteiger partial charge in [-0.3, -0.25) is 4.79 Å². The van der Waals surface area contributed by atoms with Crippen molar-refractivity contribution < 1.29 is 9.18 Å². The fraction of sp³-hybridized carbons (Fsp3) is 0.136. The number of aryl methyl sites for hydroxylation is 1. The summed E-state index contributed by atoms with van der Waals surface area (Å²) in [4.78, 5) is 12.7. The molecule has 0 radical (unpaired) electrons. The van der Waals surface area contributed by atoms with Crippen molar-refractivity contribution in [3.63, 3.8) is 0 Å². The molecule has 0 spiro atoms. The number of hydrogen-bond donors (Lipinski definition) is 0. The molecule has 3 aromatic rings. The number of carbonyl (C=O) groups is 1. The third-order valence-corrected chi connectivity index (χ3v) is 4.24. The van der Waals surface area contributed by atoms with Crippen LogP contribution in [-0.4, -0.2) is 5.78 Å². The van der Waals surface area contributed by atoms with E-state index in [1.807, 2.05) is 37.3 Å². The molecule has 1 atom stereocenters. The molecule has 3 rings (SSSR count). The molecular formula is C22H19FO. The van der Waals surface area contributed by atoms with Crippen LogP contribution >= 0.6 is 0 Å². The van der Waals surface area contributed by atoms with Gasteiger partial charge in [0.25, 0.3) is 0 Å². The molecule has 0 saturated carbocycles. The van der Waals surface area contributed by atoms with Gasteiger partial charge in [-0.1, -0.05) is 60.2 Å². The highest BCUT2D eigenvalue weighted by Crippen LogP contribution is 2.29. The SMILES string of the molecule is Cc1ccc([C@H](CC(=O)c2ccc(F)cc2)c2ccccc2)cc1. The van der Waals surface area contributed by atoms with Gasteiger partial charge in [-0.15, -0.1) is 0 Å². The van der Waals surface area contributed by atoms with Crippen molar-refractivity contribution in [2.45, 2.75) is 19.3 Å². The predicted octanol–water partition coefficient (Wildman–Crippen LogP) is 5.54. The first kappa shape index (κ1) is 16.1. The van der Waals surface area contributed by atoms with Gasteiger partial charge >= 0.3 is 0 Å². The summed E-state index contributed by atoms with van der Waals surface area (Å²) in [5.74, 6) is -0.321.